The molecular formula is C20H40NO5PS2. The molecule has 0 aromatic carbocycles. The van der Waals surface area contributed by atoms with Gasteiger partial charge < -0.3 is 9.05 Å². The van der Waals surface area contributed by atoms with Crippen LogP contribution < -0.4 is 0 Å². The molecule has 6 nitrogen and oxygen atoms in total. The van der Waals surface area contributed by atoms with E-state index in [1.807, 2.05) is 74.3 Å². The average Bonchev–Trinajstić information content (AvgIpc) is 2.56. The lowest BCUT2D eigenvalue weighted by molar-refractivity contribution is -0.124. The van der Waals surface area contributed by atoms with E-state index in [-0.39, 0.29) is 33.1 Å². The van der Waals surface area contributed by atoms with Gasteiger partial charge in [-0.15, -0.1) is 0 Å². The number of hydrogen-bond acceptors (Lipinski definition) is 8. The molecule has 0 heterocycles. The van der Waals surface area contributed by atoms with Crippen LogP contribution in [-0.2, 0) is 23.3 Å². The predicted molar refractivity (Wildman–Crippen MR) is 126 cm³/mol. The van der Waals surface area contributed by atoms with E-state index in [1.54, 1.807) is 0 Å². The van der Waals surface area contributed by atoms with Crippen LogP contribution in [0.1, 0.15) is 69.2 Å². The minimum atomic E-state index is -1.61. The zero-order chi connectivity index (χ0) is 22.8. The fourth-order valence-electron chi connectivity index (χ4n) is 1.87. The SMILES string of the molecule is CC(C)N(OP(OCCSC(=O)C(C)(C)C)OCCSC(=O)C(C)(C)C)C(C)C. The van der Waals surface area contributed by atoms with Gasteiger partial charge in [-0.25, -0.2) is 4.62 Å². The molecule has 0 spiro atoms. The number of hydrogen-bond donors (Lipinski definition) is 0. The van der Waals surface area contributed by atoms with Gasteiger partial charge in [0.1, 0.15) is 0 Å². The molecule has 0 bridgehead atoms. The molecule has 0 aromatic rings. The number of rotatable bonds is 12. The van der Waals surface area contributed by atoms with Crippen molar-refractivity contribution >= 4 is 42.4 Å². The molecule has 0 saturated carbocycles. The summed E-state index contributed by atoms with van der Waals surface area (Å²) in [7, 11) is -1.61. The summed E-state index contributed by atoms with van der Waals surface area (Å²) in [4.78, 5) is 24.1. The zero-order valence-corrected chi connectivity index (χ0v) is 22.3. The average molecular weight is 470 g/mol. The quantitative estimate of drug-likeness (QED) is 0.199. The Labute approximate surface area is 187 Å². The fourth-order valence-corrected chi connectivity index (χ4v) is 4.87. The van der Waals surface area contributed by atoms with Crippen LogP contribution in [0.4, 0.5) is 0 Å². The van der Waals surface area contributed by atoms with Crippen molar-refractivity contribution in [3.05, 3.63) is 0 Å². The van der Waals surface area contributed by atoms with Crippen LogP contribution in [0.2, 0.25) is 0 Å². The third kappa shape index (κ3) is 13.4. The summed E-state index contributed by atoms with van der Waals surface area (Å²) < 4.78 is 17.6. The van der Waals surface area contributed by atoms with Gasteiger partial charge in [-0.2, -0.15) is 5.06 Å². The van der Waals surface area contributed by atoms with E-state index in [9.17, 15) is 9.59 Å². The molecule has 0 unspecified atom stereocenters. The highest BCUT2D eigenvalue weighted by atomic mass is 32.2. The van der Waals surface area contributed by atoms with Crippen LogP contribution in [0.3, 0.4) is 0 Å². The maximum atomic E-state index is 12.0. The highest BCUT2D eigenvalue weighted by Crippen LogP contribution is 2.42. The molecular weight excluding hydrogens is 429 g/mol. The molecule has 0 amide bonds. The van der Waals surface area contributed by atoms with Gasteiger partial charge in [-0.05, 0) is 27.7 Å². The molecule has 0 aromatic heterocycles. The van der Waals surface area contributed by atoms with E-state index in [0.29, 0.717) is 24.7 Å². The standard InChI is InChI=1S/C20H40NO5PS2/c1-15(2)21(16(3)4)26-27(24-11-13-28-17(22)19(5,6)7)25-12-14-29-18(23)20(8,9)10/h15-16H,11-14H2,1-10H3. The van der Waals surface area contributed by atoms with E-state index in [2.05, 4.69) is 0 Å². The predicted octanol–water partition coefficient (Wildman–Crippen LogP) is 5.91. The third-order valence-corrected chi connectivity index (χ3v) is 7.03. The molecule has 0 atom stereocenters. The lowest BCUT2D eigenvalue weighted by Gasteiger charge is -2.31. The Kier molecular flexibility index (Phi) is 13.8. The number of thioether (sulfide) groups is 2. The number of nitrogens with zero attached hydrogens (tertiary/aromatic N) is 1. The van der Waals surface area contributed by atoms with E-state index in [0.717, 1.165) is 0 Å². The molecule has 0 rings (SSSR count). The van der Waals surface area contributed by atoms with E-state index >= 15 is 0 Å². The largest absolute Gasteiger partial charge is 0.351 e. The van der Waals surface area contributed by atoms with Crippen molar-refractivity contribution in [3.8, 4) is 0 Å². The molecule has 0 fully saturated rings. The van der Waals surface area contributed by atoms with E-state index in [1.165, 1.54) is 23.5 Å². The second kappa shape index (κ2) is 13.7. The maximum Gasteiger partial charge on any atom is 0.351 e. The Morgan fingerprint density at radius 3 is 1.41 bits per heavy atom. The first-order valence-electron chi connectivity index (χ1n) is 10.0. The van der Waals surface area contributed by atoms with Gasteiger partial charge in [0.15, 0.2) is 10.2 Å². The van der Waals surface area contributed by atoms with E-state index in [4.69, 9.17) is 13.7 Å². The Morgan fingerprint density at radius 2 is 1.14 bits per heavy atom. The van der Waals surface area contributed by atoms with Gasteiger partial charge in [0.25, 0.3) is 0 Å². The second-order valence-electron chi connectivity index (χ2n) is 9.29. The first kappa shape index (κ1) is 29.3. The van der Waals surface area contributed by atoms with Crippen molar-refractivity contribution < 1.29 is 23.3 Å². The van der Waals surface area contributed by atoms with Crippen LogP contribution in [0.5, 0.6) is 0 Å². The van der Waals surface area contributed by atoms with Crippen molar-refractivity contribution in [2.45, 2.75) is 81.3 Å². The lowest BCUT2D eigenvalue weighted by Crippen LogP contribution is -2.36. The van der Waals surface area contributed by atoms with Crippen molar-refractivity contribution in [1.29, 1.82) is 0 Å². The van der Waals surface area contributed by atoms with Gasteiger partial charge in [-0.3, -0.25) is 9.59 Å². The molecule has 0 saturated heterocycles. The van der Waals surface area contributed by atoms with Crippen LogP contribution in [0.15, 0.2) is 0 Å². The summed E-state index contributed by atoms with van der Waals surface area (Å²) in [6.45, 7) is 20.3. The van der Waals surface area contributed by atoms with Crippen LogP contribution in [-0.4, -0.2) is 52.1 Å². The first-order chi connectivity index (χ1) is 13.2. The summed E-state index contributed by atoms with van der Waals surface area (Å²) in [5.74, 6) is 1.09. The molecule has 172 valence electrons. The van der Waals surface area contributed by atoms with E-state index < -0.39 is 8.60 Å². The Bertz CT molecular complexity index is 462. The summed E-state index contributed by atoms with van der Waals surface area (Å²) in [6.07, 6.45) is 0. The topological polar surface area (TPSA) is 65.1 Å². The fraction of sp³-hybridized carbons (Fsp3) is 0.900. The molecule has 0 aliphatic heterocycles. The minimum Gasteiger partial charge on any atom is -0.310 e. The molecule has 0 N–H and O–H groups in total. The van der Waals surface area contributed by atoms with Gasteiger partial charge in [0.2, 0.25) is 0 Å². The van der Waals surface area contributed by atoms with Crippen molar-refractivity contribution in [3.63, 3.8) is 0 Å². The Balaban J connectivity index is 4.64. The number of hydroxylamine groups is 2. The highest BCUT2D eigenvalue weighted by Gasteiger charge is 2.25. The smallest absolute Gasteiger partial charge is 0.310 e. The third-order valence-electron chi connectivity index (χ3n) is 3.43. The Hall–Kier alpha value is 0.310. The molecule has 9 heteroatoms. The maximum absolute atomic E-state index is 12.0. The Morgan fingerprint density at radius 1 is 0.793 bits per heavy atom. The minimum absolute atomic E-state index is 0.135. The molecule has 29 heavy (non-hydrogen) atoms. The van der Waals surface area contributed by atoms with Gasteiger partial charge in [-0.1, -0.05) is 65.1 Å². The van der Waals surface area contributed by atoms with Crippen molar-refractivity contribution in [2.24, 2.45) is 10.8 Å². The van der Waals surface area contributed by atoms with Crippen LogP contribution in [0.25, 0.3) is 0 Å². The second-order valence-corrected chi connectivity index (χ2v) is 12.6. The van der Waals surface area contributed by atoms with Gasteiger partial charge in [0, 0.05) is 34.4 Å². The van der Waals surface area contributed by atoms with Gasteiger partial charge >= 0.3 is 8.60 Å². The zero-order valence-electron chi connectivity index (χ0n) is 19.7. The number of carbonyl (C=O) groups excluding carboxylic acids is 2. The van der Waals surface area contributed by atoms with Crippen molar-refractivity contribution in [2.75, 3.05) is 24.7 Å². The molecule has 0 aliphatic rings. The van der Waals surface area contributed by atoms with Crippen molar-refractivity contribution in [1.82, 2.24) is 5.06 Å². The summed E-state index contributed by atoms with van der Waals surface area (Å²) >= 11 is 2.53. The number of carbonyl (C=O) groups is 2. The summed E-state index contributed by atoms with van der Waals surface area (Å²) in [5.41, 5.74) is -0.739. The monoisotopic (exact) mass is 469 g/mol. The highest BCUT2D eigenvalue weighted by molar-refractivity contribution is 8.14. The summed E-state index contributed by atoms with van der Waals surface area (Å²) in [6, 6.07) is 0.335. The molecule has 0 aliphatic carbocycles. The van der Waals surface area contributed by atoms with Gasteiger partial charge in [0.05, 0.1) is 13.2 Å². The first-order valence-corrected chi connectivity index (χ1v) is 13.1. The lowest BCUT2D eigenvalue weighted by atomic mass is 9.99. The van der Waals surface area contributed by atoms with Crippen LogP contribution >= 0.6 is 32.1 Å². The van der Waals surface area contributed by atoms with Crippen LogP contribution in [0, 0.1) is 10.8 Å². The summed E-state index contributed by atoms with van der Waals surface area (Å²) in [5, 5.41) is 2.12. The molecule has 0 radical (unpaired) electrons. The normalized spacial score (nSPS) is 13.2.